The van der Waals surface area contributed by atoms with Gasteiger partial charge in [0.05, 0.1) is 7.11 Å². The largest absolute Gasteiger partial charge is 0.466 e. The molecule has 2 heteroatoms. The Morgan fingerprint density at radius 1 is 0.708 bits per heavy atom. The molecule has 0 saturated carbocycles. The lowest BCUT2D eigenvalue weighted by atomic mass is 10.0. The van der Waals surface area contributed by atoms with E-state index in [1.807, 2.05) is 0 Å². The maximum atomic E-state index is 11.8. The summed E-state index contributed by atoms with van der Waals surface area (Å²) >= 11 is 0. The van der Waals surface area contributed by atoms with Crippen LogP contribution < -0.4 is 0 Å². The lowest BCUT2D eigenvalue weighted by molar-refractivity contribution is -0.136. The number of unbranched alkanes of at least 4 members (excludes halogenated alkanes) is 13. The van der Waals surface area contributed by atoms with Crippen molar-refractivity contribution in [3.63, 3.8) is 0 Å². The second kappa shape index (κ2) is 18.5. The molecule has 0 amide bonds. The lowest BCUT2D eigenvalue weighted by Gasteiger charge is -2.06. The zero-order valence-corrected chi connectivity index (χ0v) is 16.7. The van der Waals surface area contributed by atoms with Crippen LogP contribution in [-0.4, -0.2) is 13.1 Å². The molecule has 0 N–H and O–H groups in total. The van der Waals surface area contributed by atoms with Gasteiger partial charge in [0.1, 0.15) is 0 Å². The van der Waals surface area contributed by atoms with Crippen molar-refractivity contribution in [3.05, 3.63) is 11.6 Å². The Balaban J connectivity index is 3.71. The Morgan fingerprint density at radius 2 is 1.17 bits per heavy atom. The summed E-state index contributed by atoms with van der Waals surface area (Å²) in [5.41, 5.74) is 0.897. The van der Waals surface area contributed by atoms with E-state index in [4.69, 9.17) is 4.74 Å². The van der Waals surface area contributed by atoms with Gasteiger partial charge in [-0.15, -0.1) is 0 Å². The molecule has 0 spiro atoms. The number of hydrogen-bond donors (Lipinski definition) is 0. The number of carbonyl (C=O) groups is 1. The highest BCUT2D eigenvalue weighted by Gasteiger charge is 2.08. The first-order valence-electron chi connectivity index (χ1n) is 10.5. The fourth-order valence-electron chi connectivity index (χ4n) is 3.07. The maximum absolute atomic E-state index is 11.8. The van der Waals surface area contributed by atoms with Crippen molar-refractivity contribution in [2.24, 2.45) is 0 Å². The summed E-state index contributed by atoms with van der Waals surface area (Å²) < 4.78 is 4.93. The third-order valence-electron chi connectivity index (χ3n) is 4.70. The molecule has 0 fully saturated rings. The van der Waals surface area contributed by atoms with Crippen LogP contribution in [-0.2, 0) is 9.53 Å². The Morgan fingerprint density at radius 3 is 1.67 bits per heavy atom. The van der Waals surface area contributed by atoms with Gasteiger partial charge in [0, 0.05) is 5.57 Å². The average molecular weight is 339 g/mol. The zero-order valence-electron chi connectivity index (χ0n) is 16.7. The Hall–Kier alpha value is -0.790. The van der Waals surface area contributed by atoms with Gasteiger partial charge in [0.15, 0.2) is 0 Å². The minimum atomic E-state index is -0.124. The van der Waals surface area contributed by atoms with Gasteiger partial charge in [-0.2, -0.15) is 0 Å². The van der Waals surface area contributed by atoms with Gasteiger partial charge in [-0.25, -0.2) is 4.79 Å². The van der Waals surface area contributed by atoms with E-state index in [2.05, 4.69) is 19.9 Å². The average Bonchev–Trinajstić information content (AvgIpc) is 2.60. The van der Waals surface area contributed by atoms with Crippen LogP contribution in [0.15, 0.2) is 11.6 Å². The smallest absolute Gasteiger partial charge is 0.333 e. The first kappa shape index (κ1) is 23.2. The molecule has 0 aliphatic heterocycles. The van der Waals surface area contributed by atoms with Crippen LogP contribution in [0.3, 0.4) is 0 Å². The summed E-state index contributed by atoms with van der Waals surface area (Å²) in [6, 6.07) is 0. The zero-order chi connectivity index (χ0) is 17.9. The Kier molecular flexibility index (Phi) is 17.9. The van der Waals surface area contributed by atoms with E-state index in [1.54, 1.807) is 0 Å². The van der Waals surface area contributed by atoms with Gasteiger partial charge in [0.2, 0.25) is 0 Å². The molecule has 2 nitrogen and oxygen atoms in total. The van der Waals surface area contributed by atoms with Crippen LogP contribution in [0.1, 0.15) is 117 Å². The minimum Gasteiger partial charge on any atom is -0.466 e. The van der Waals surface area contributed by atoms with E-state index >= 15 is 0 Å². The summed E-state index contributed by atoms with van der Waals surface area (Å²) in [4.78, 5) is 11.8. The van der Waals surface area contributed by atoms with Crippen LogP contribution in [0.25, 0.3) is 0 Å². The molecule has 0 aromatic carbocycles. The Bertz CT molecular complexity index is 307. The van der Waals surface area contributed by atoms with Gasteiger partial charge in [0.25, 0.3) is 0 Å². The highest BCUT2D eigenvalue weighted by atomic mass is 16.5. The molecule has 0 rings (SSSR count). The second-order valence-corrected chi connectivity index (χ2v) is 7.00. The lowest BCUT2D eigenvalue weighted by Crippen LogP contribution is -2.05. The van der Waals surface area contributed by atoms with E-state index in [1.165, 1.54) is 90.6 Å². The predicted octanol–water partition coefficient (Wildman–Crippen LogP) is 7.37. The second-order valence-electron chi connectivity index (χ2n) is 7.00. The molecule has 0 aliphatic carbocycles. The number of methoxy groups -OCH3 is 1. The van der Waals surface area contributed by atoms with Crippen LogP contribution in [0, 0.1) is 0 Å². The SMILES string of the molecule is CCCCCCC=C(CCCCCCCCCCCC)C(=O)OC. The molecule has 0 atom stereocenters. The van der Waals surface area contributed by atoms with Gasteiger partial charge in [-0.05, 0) is 25.7 Å². The number of carbonyl (C=O) groups excluding carboxylic acids is 1. The first-order valence-corrected chi connectivity index (χ1v) is 10.5. The fourth-order valence-corrected chi connectivity index (χ4v) is 3.07. The number of hydrogen-bond acceptors (Lipinski definition) is 2. The third kappa shape index (κ3) is 14.8. The molecule has 142 valence electrons. The Labute approximate surface area is 151 Å². The van der Waals surface area contributed by atoms with Crippen molar-refractivity contribution in [3.8, 4) is 0 Å². The van der Waals surface area contributed by atoms with Crippen molar-refractivity contribution in [2.75, 3.05) is 7.11 Å². The van der Waals surface area contributed by atoms with Crippen LogP contribution >= 0.6 is 0 Å². The molecule has 0 aliphatic rings. The number of ether oxygens (including phenoxy) is 1. The van der Waals surface area contributed by atoms with E-state index in [0.29, 0.717) is 0 Å². The molecule has 0 aromatic heterocycles. The van der Waals surface area contributed by atoms with Crippen LogP contribution in [0.5, 0.6) is 0 Å². The number of allylic oxidation sites excluding steroid dienone is 1. The van der Waals surface area contributed by atoms with Crippen molar-refractivity contribution in [1.29, 1.82) is 0 Å². The number of rotatable bonds is 17. The highest BCUT2D eigenvalue weighted by molar-refractivity contribution is 5.88. The summed E-state index contributed by atoms with van der Waals surface area (Å²) in [5.74, 6) is -0.124. The normalized spacial score (nSPS) is 11.7. The van der Waals surface area contributed by atoms with E-state index < -0.39 is 0 Å². The maximum Gasteiger partial charge on any atom is 0.333 e. The van der Waals surface area contributed by atoms with Crippen molar-refractivity contribution >= 4 is 5.97 Å². The molecule has 0 radical (unpaired) electrons. The standard InChI is InChI=1S/C22H42O2/c1-4-6-8-10-11-12-13-14-16-18-20-21(22(23)24-3)19-17-15-9-7-5-2/h19H,4-18,20H2,1-3H3. The number of esters is 1. The van der Waals surface area contributed by atoms with Crippen LogP contribution in [0.2, 0.25) is 0 Å². The predicted molar refractivity (Wildman–Crippen MR) is 105 cm³/mol. The molecule has 0 bridgehead atoms. The van der Waals surface area contributed by atoms with Gasteiger partial charge < -0.3 is 4.74 Å². The van der Waals surface area contributed by atoms with E-state index in [9.17, 15) is 4.79 Å². The summed E-state index contributed by atoms with van der Waals surface area (Å²) in [6.07, 6.45) is 22.3. The molecule has 24 heavy (non-hydrogen) atoms. The van der Waals surface area contributed by atoms with Crippen LogP contribution in [0.4, 0.5) is 0 Å². The third-order valence-corrected chi connectivity index (χ3v) is 4.70. The van der Waals surface area contributed by atoms with Crippen molar-refractivity contribution in [1.82, 2.24) is 0 Å². The first-order chi connectivity index (χ1) is 11.8. The molecule has 0 aromatic rings. The highest BCUT2D eigenvalue weighted by Crippen LogP contribution is 2.16. The van der Waals surface area contributed by atoms with Gasteiger partial charge in [-0.3, -0.25) is 0 Å². The molecule has 0 saturated heterocycles. The molecule has 0 heterocycles. The minimum absolute atomic E-state index is 0.124. The summed E-state index contributed by atoms with van der Waals surface area (Å²) in [6.45, 7) is 4.49. The summed E-state index contributed by atoms with van der Waals surface area (Å²) in [5, 5.41) is 0. The monoisotopic (exact) mass is 338 g/mol. The van der Waals surface area contributed by atoms with Gasteiger partial charge >= 0.3 is 5.97 Å². The van der Waals surface area contributed by atoms with E-state index in [-0.39, 0.29) is 5.97 Å². The topological polar surface area (TPSA) is 26.3 Å². The quantitative estimate of drug-likeness (QED) is 0.157. The van der Waals surface area contributed by atoms with Crippen molar-refractivity contribution < 1.29 is 9.53 Å². The molecule has 0 unspecified atom stereocenters. The fraction of sp³-hybridized carbons (Fsp3) is 0.864. The van der Waals surface area contributed by atoms with Gasteiger partial charge in [-0.1, -0.05) is 97.0 Å². The summed E-state index contributed by atoms with van der Waals surface area (Å²) in [7, 11) is 1.49. The molecular formula is C22H42O2. The van der Waals surface area contributed by atoms with E-state index in [0.717, 1.165) is 24.8 Å². The molecular weight excluding hydrogens is 296 g/mol. The van der Waals surface area contributed by atoms with Crippen molar-refractivity contribution in [2.45, 2.75) is 117 Å².